The first-order chi connectivity index (χ1) is 12.7. The monoisotopic (exact) mass is 352 g/mol. The molecule has 0 atom stereocenters. The Balaban J connectivity index is 1.50. The van der Waals surface area contributed by atoms with Crippen LogP contribution in [0.2, 0.25) is 0 Å². The summed E-state index contributed by atoms with van der Waals surface area (Å²) in [6.45, 7) is 1.64. The van der Waals surface area contributed by atoms with Crippen molar-refractivity contribution >= 4 is 16.8 Å². The van der Waals surface area contributed by atoms with Crippen LogP contribution in [0.25, 0.3) is 10.9 Å². The van der Waals surface area contributed by atoms with E-state index in [-0.39, 0.29) is 5.91 Å². The van der Waals surface area contributed by atoms with E-state index in [2.05, 4.69) is 10.3 Å². The van der Waals surface area contributed by atoms with Crippen LogP contribution < -0.4 is 19.5 Å². The first-order valence-corrected chi connectivity index (χ1v) is 8.56. The Labute approximate surface area is 151 Å². The van der Waals surface area contributed by atoms with Crippen LogP contribution in [-0.2, 0) is 6.54 Å². The van der Waals surface area contributed by atoms with E-state index in [1.54, 1.807) is 25.3 Å². The molecule has 26 heavy (non-hydrogen) atoms. The molecule has 0 spiro atoms. The van der Waals surface area contributed by atoms with Crippen molar-refractivity contribution in [1.82, 2.24) is 10.3 Å². The van der Waals surface area contributed by atoms with Crippen LogP contribution in [-0.4, -0.2) is 31.2 Å². The van der Waals surface area contributed by atoms with Gasteiger partial charge in [0.15, 0.2) is 11.5 Å². The van der Waals surface area contributed by atoms with Crippen LogP contribution in [0.1, 0.15) is 22.3 Å². The molecule has 134 valence electrons. The zero-order valence-electron chi connectivity index (χ0n) is 14.5. The molecule has 2 N–H and O–H groups in total. The van der Waals surface area contributed by atoms with Crippen molar-refractivity contribution in [3.63, 3.8) is 0 Å². The summed E-state index contributed by atoms with van der Waals surface area (Å²) in [5.41, 5.74) is 2.55. The Morgan fingerprint density at radius 2 is 2.00 bits per heavy atom. The molecular weight excluding hydrogens is 332 g/mol. The van der Waals surface area contributed by atoms with Crippen LogP contribution in [0.15, 0.2) is 42.6 Å². The maximum atomic E-state index is 12.5. The van der Waals surface area contributed by atoms with Gasteiger partial charge in [-0.2, -0.15) is 0 Å². The van der Waals surface area contributed by atoms with Crippen molar-refractivity contribution in [2.45, 2.75) is 13.0 Å². The Morgan fingerprint density at radius 3 is 2.85 bits per heavy atom. The smallest absolute Gasteiger partial charge is 0.251 e. The predicted molar refractivity (Wildman–Crippen MR) is 98.1 cm³/mol. The zero-order chi connectivity index (χ0) is 17.9. The van der Waals surface area contributed by atoms with Gasteiger partial charge in [-0.1, -0.05) is 0 Å². The minimum atomic E-state index is -0.155. The second-order valence-electron chi connectivity index (χ2n) is 6.12. The van der Waals surface area contributed by atoms with Gasteiger partial charge in [0.1, 0.15) is 5.75 Å². The van der Waals surface area contributed by atoms with Gasteiger partial charge in [0.25, 0.3) is 5.91 Å². The Hall–Kier alpha value is -3.15. The summed E-state index contributed by atoms with van der Waals surface area (Å²) in [5.74, 6) is 1.93. The summed E-state index contributed by atoms with van der Waals surface area (Å²) in [7, 11) is 1.64. The Kier molecular flexibility index (Phi) is 4.39. The number of nitrogens with one attached hydrogen (secondary N) is 2. The predicted octanol–water partition coefficient (Wildman–Crippen LogP) is 3.27. The highest BCUT2D eigenvalue weighted by atomic mass is 16.5. The number of fused-ring (bicyclic) bond motifs is 2. The molecule has 3 aromatic rings. The van der Waals surface area contributed by atoms with Gasteiger partial charge in [0.05, 0.1) is 20.3 Å². The van der Waals surface area contributed by atoms with Gasteiger partial charge in [0.2, 0.25) is 0 Å². The second-order valence-corrected chi connectivity index (χ2v) is 6.12. The van der Waals surface area contributed by atoms with E-state index in [4.69, 9.17) is 14.2 Å². The number of ether oxygens (including phenoxy) is 3. The minimum absolute atomic E-state index is 0.155. The summed E-state index contributed by atoms with van der Waals surface area (Å²) in [4.78, 5) is 15.7. The number of aromatic nitrogens is 1. The number of amides is 1. The normalized spacial score (nSPS) is 13.3. The molecule has 1 aliphatic rings. The van der Waals surface area contributed by atoms with E-state index in [1.165, 1.54) is 0 Å². The summed E-state index contributed by atoms with van der Waals surface area (Å²) in [5, 5.41) is 3.99. The zero-order valence-corrected chi connectivity index (χ0v) is 14.5. The third-order valence-electron chi connectivity index (χ3n) is 4.42. The fraction of sp³-hybridized carbons (Fsp3) is 0.250. The number of carbonyl (C=O) groups excluding carboxylic acids is 1. The molecule has 2 heterocycles. The van der Waals surface area contributed by atoms with Gasteiger partial charge >= 0.3 is 0 Å². The molecule has 0 saturated carbocycles. The van der Waals surface area contributed by atoms with Crippen LogP contribution in [0.3, 0.4) is 0 Å². The van der Waals surface area contributed by atoms with E-state index < -0.39 is 0 Å². The average molecular weight is 352 g/mol. The van der Waals surface area contributed by atoms with Crippen LogP contribution in [0, 0.1) is 0 Å². The van der Waals surface area contributed by atoms with Gasteiger partial charge in [-0.25, -0.2) is 0 Å². The molecule has 0 fully saturated rings. The lowest BCUT2D eigenvalue weighted by Crippen LogP contribution is -2.22. The molecule has 4 rings (SSSR count). The number of methoxy groups -OCH3 is 1. The Bertz CT molecular complexity index is 948. The van der Waals surface area contributed by atoms with E-state index in [1.807, 2.05) is 24.4 Å². The van der Waals surface area contributed by atoms with E-state index in [0.29, 0.717) is 36.8 Å². The van der Waals surface area contributed by atoms with Crippen molar-refractivity contribution < 1.29 is 19.0 Å². The lowest BCUT2D eigenvalue weighted by atomic mass is 10.1. The number of hydrogen-bond acceptors (Lipinski definition) is 4. The van der Waals surface area contributed by atoms with Gasteiger partial charge in [-0.15, -0.1) is 0 Å². The quantitative estimate of drug-likeness (QED) is 0.756. The first-order valence-electron chi connectivity index (χ1n) is 8.56. The fourth-order valence-corrected chi connectivity index (χ4v) is 3.01. The van der Waals surface area contributed by atoms with Gasteiger partial charge in [-0.3, -0.25) is 4.79 Å². The maximum Gasteiger partial charge on any atom is 0.251 e. The van der Waals surface area contributed by atoms with E-state index >= 15 is 0 Å². The fourth-order valence-electron chi connectivity index (χ4n) is 3.01. The first kappa shape index (κ1) is 16.3. The van der Waals surface area contributed by atoms with Crippen LogP contribution >= 0.6 is 0 Å². The highest BCUT2D eigenvalue weighted by Crippen LogP contribution is 2.30. The molecule has 0 bridgehead atoms. The largest absolute Gasteiger partial charge is 0.497 e. The molecule has 1 amide bonds. The molecular formula is C20H20N2O4. The molecule has 0 unspecified atom stereocenters. The highest BCUT2D eigenvalue weighted by Gasteiger charge is 2.14. The third kappa shape index (κ3) is 3.18. The topological polar surface area (TPSA) is 72.6 Å². The number of benzene rings is 2. The molecule has 0 saturated heterocycles. The number of aromatic amines is 1. The molecule has 6 heteroatoms. The van der Waals surface area contributed by atoms with Gasteiger partial charge < -0.3 is 24.5 Å². The van der Waals surface area contributed by atoms with Crippen molar-refractivity contribution in [1.29, 1.82) is 0 Å². The van der Waals surface area contributed by atoms with Gasteiger partial charge in [0, 0.05) is 35.6 Å². The molecule has 2 aromatic carbocycles. The van der Waals surface area contributed by atoms with Crippen molar-refractivity contribution in [2.75, 3.05) is 20.3 Å². The summed E-state index contributed by atoms with van der Waals surface area (Å²) in [6.07, 6.45) is 2.73. The maximum absolute atomic E-state index is 12.5. The summed E-state index contributed by atoms with van der Waals surface area (Å²) < 4.78 is 16.5. The second kappa shape index (κ2) is 7.00. The SMILES string of the molecule is COc1ccc2[nH]cc(CNC(=O)c3ccc4c(c3)OCCCO4)c2c1. The van der Waals surface area contributed by atoms with Gasteiger partial charge in [-0.05, 0) is 42.0 Å². The number of hydrogen-bond donors (Lipinski definition) is 2. The number of rotatable bonds is 4. The summed E-state index contributed by atoms with van der Waals surface area (Å²) in [6, 6.07) is 11.1. The summed E-state index contributed by atoms with van der Waals surface area (Å²) >= 11 is 0. The van der Waals surface area contributed by atoms with E-state index in [0.717, 1.165) is 28.6 Å². The van der Waals surface area contributed by atoms with Crippen molar-refractivity contribution in [2.24, 2.45) is 0 Å². The molecule has 6 nitrogen and oxygen atoms in total. The van der Waals surface area contributed by atoms with E-state index in [9.17, 15) is 4.79 Å². The molecule has 1 aliphatic heterocycles. The van der Waals surface area contributed by atoms with Crippen molar-refractivity contribution in [3.05, 3.63) is 53.7 Å². The lowest BCUT2D eigenvalue weighted by Gasteiger charge is -2.10. The molecule has 1 aromatic heterocycles. The highest BCUT2D eigenvalue weighted by molar-refractivity contribution is 5.95. The number of H-pyrrole nitrogens is 1. The van der Waals surface area contributed by atoms with Crippen molar-refractivity contribution in [3.8, 4) is 17.2 Å². The molecule has 0 aliphatic carbocycles. The standard InChI is InChI=1S/C20H20N2O4/c1-24-15-4-5-17-16(10-15)14(11-21-17)12-22-20(23)13-3-6-18-19(9-13)26-8-2-7-25-18/h3-6,9-11,21H,2,7-8,12H2,1H3,(H,22,23). The average Bonchev–Trinajstić information content (AvgIpc) is 2.92. The van der Waals surface area contributed by atoms with Crippen LogP contribution in [0.5, 0.6) is 17.2 Å². The lowest BCUT2D eigenvalue weighted by molar-refractivity contribution is 0.0950. The Morgan fingerprint density at radius 1 is 1.15 bits per heavy atom. The third-order valence-corrected chi connectivity index (χ3v) is 4.42. The minimum Gasteiger partial charge on any atom is -0.497 e. The molecule has 0 radical (unpaired) electrons. The van der Waals surface area contributed by atoms with Crippen LogP contribution in [0.4, 0.5) is 0 Å². The number of carbonyl (C=O) groups is 1.